The Bertz CT molecular complexity index is 994. The lowest BCUT2D eigenvalue weighted by atomic mass is 10.2. The van der Waals surface area contributed by atoms with Gasteiger partial charge in [0.25, 0.3) is 10.0 Å². The number of hydrogen-bond donors (Lipinski definition) is 3. The average molecular weight is 372 g/mol. The van der Waals surface area contributed by atoms with Crippen LogP contribution in [0.5, 0.6) is 11.6 Å². The van der Waals surface area contributed by atoms with E-state index in [1.54, 1.807) is 30.5 Å². The van der Waals surface area contributed by atoms with Crippen molar-refractivity contribution in [3.8, 4) is 11.6 Å². The number of rotatable bonds is 6. The summed E-state index contributed by atoms with van der Waals surface area (Å²) in [5.74, 6) is 0.573. The fourth-order valence-electron chi connectivity index (χ4n) is 1.97. The normalized spacial score (nSPS) is 11.1. The number of pyridine rings is 1. The van der Waals surface area contributed by atoms with E-state index < -0.39 is 10.0 Å². The molecular weight excluding hydrogens is 356 g/mol. The van der Waals surface area contributed by atoms with Gasteiger partial charge in [0.15, 0.2) is 5.82 Å². The van der Waals surface area contributed by atoms with Crippen LogP contribution in [0.2, 0.25) is 0 Å². The summed E-state index contributed by atoms with van der Waals surface area (Å²) in [7, 11) is -3.79. The largest absolute Gasteiger partial charge is 0.435 e. The first-order chi connectivity index (χ1) is 12.5. The van der Waals surface area contributed by atoms with Crippen LogP contribution >= 0.6 is 0 Å². The first-order valence-electron chi connectivity index (χ1n) is 7.48. The Morgan fingerprint density at radius 2 is 1.88 bits per heavy atom. The monoisotopic (exact) mass is 372 g/mol. The Morgan fingerprint density at radius 3 is 2.58 bits per heavy atom. The molecule has 134 valence electrons. The number of benzene rings is 1. The number of nitrogens with one attached hydrogen (secondary N) is 2. The number of hydrogen-bond acceptors (Lipinski definition) is 8. The van der Waals surface area contributed by atoms with Crippen LogP contribution in [0.3, 0.4) is 0 Å². The molecule has 0 aliphatic heterocycles. The first-order valence-corrected chi connectivity index (χ1v) is 8.97. The molecule has 2 aromatic heterocycles. The smallest absolute Gasteiger partial charge is 0.257 e. The predicted octanol–water partition coefficient (Wildman–Crippen LogP) is 1.86. The van der Waals surface area contributed by atoms with Gasteiger partial charge in [0.2, 0.25) is 5.88 Å². The molecule has 26 heavy (non-hydrogen) atoms. The van der Waals surface area contributed by atoms with Gasteiger partial charge in [-0.15, -0.1) is 4.83 Å². The highest BCUT2D eigenvalue weighted by Gasteiger charge is 2.16. The third kappa shape index (κ3) is 4.05. The molecule has 0 amide bonds. The molecule has 3 aromatic rings. The molecule has 0 atom stereocenters. The van der Waals surface area contributed by atoms with Crippen molar-refractivity contribution in [3.63, 3.8) is 0 Å². The number of nitrogens with two attached hydrogens (primary N) is 1. The molecule has 0 saturated carbocycles. The molecule has 0 saturated heterocycles. The average Bonchev–Trinajstić information content (AvgIpc) is 2.64. The number of anilines is 2. The second-order valence-corrected chi connectivity index (χ2v) is 6.96. The van der Waals surface area contributed by atoms with Crippen LogP contribution in [0.15, 0.2) is 60.0 Å². The van der Waals surface area contributed by atoms with Crippen LogP contribution in [-0.2, 0) is 10.0 Å². The van der Waals surface area contributed by atoms with Crippen molar-refractivity contribution in [1.82, 2.24) is 19.8 Å². The molecule has 0 bridgehead atoms. The summed E-state index contributed by atoms with van der Waals surface area (Å²) in [6.45, 7) is 1.87. The highest BCUT2D eigenvalue weighted by molar-refractivity contribution is 7.89. The molecule has 10 heteroatoms. The lowest BCUT2D eigenvalue weighted by molar-refractivity contribution is 0.462. The van der Waals surface area contributed by atoms with Gasteiger partial charge in [-0.1, -0.05) is 17.7 Å². The van der Waals surface area contributed by atoms with Crippen LogP contribution in [0.4, 0.5) is 11.5 Å². The predicted molar refractivity (Wildman–Crippen MR) is 95.9 cm³/mol. The van der Waals surface area contributed by atoms with E-state index in [0.29, 0.717) is 5.75 Å². The Kier molecular flexibility index (Phi) is 4.96. The highest BCUT2D eigenvalue weighted by Crippen LogP contribution is 2.28. The number of aryl methyl sites for hydroxylation is 1. The number of nitrogens with zero attached hydrogens (tertiary/aromatic N) is 3. The Hall–Kier alpha value is -3.24. The lowest BCUT2D eigenvalue weighted by Crippen LogP contribution is -2.30. The molecular formula is C16H16N6O3S. The third-order valence-corrected chi connectivity index (χ3v) is 4.59. The Morgan fingerprint density at radius 1 is 1.12 bits per heavy atom. The second kappa shape index (κ2) is 7.33. The SMILES string of the molecule is Cc1ccc(S(=O)(=O)NNc2ncnc(Oc3cccnc3)c2N)cc1. The molecule has 0 fully saturated rings. The molecule has 1 aromatic carbocycles. The molecule has 2 heterocycles. The van der Waals surface area contributed by atoms with Gasteiger partial charge in [-0.3, -0.25) is 10.4 Å². The maximum Gasteiger partial charge on any atom is 0.257 e. The van der Waals surface area contributed by atoms with Gasteiger partial charge in [-0.2, -0.15) is 4.98 Å². The summed E-state index contributed by atoms with van der Waals surface area (Å²) in [4.78, 5) is 14.1. The summed E-state index contributed by atoms with van der Waals surface area (Å²) in [5, 5.41) is 0. The molecule has 3 rings (SSSR count). The summed E-state index contributed by atoms with van der Waals surface area (Å²) in [6, 6.07) is 9.78. The zero-order valence-corrected chi connectivity index (χ0v) is 14.6. The van der Waals surface area contributed by atoms with Crippen molar-refractivity contribution in [1.29, 1.82) is 0 Å². The Balaban J connectivity index is 1.76. The van der Waals surface area contributed by atoms with E-state index in [-0.39, 0.29) is 22.3 Å². The molecule has 0 aliphatic carbocycles. The summed E-state index contributed by atoms with van der Waals surface area (Å²) < 4.78 is 30.1. The number of nitrogen functional groups attached to an aromatic ring is 1. The van der Waals surface area contributed by atoms with E-state index in [0.717, 1.165) is 5.56 Å². The molecule has 0 unspecified atom stereocenters. The van der Waals surface area contributed by atoms with Crippen LogP contribution in [0, 0.1) is 6.92 Å². The summed E-state index contributed by atoms with van der Waals surface area (Å²) in [6.07, 6.45) is 4.29. The van der Waals surface area contributed by atoms with E-state index in [1.807, 2.05) is 6.92 Å². The zero-order valence-electron chi connectivity index (χ0n) is 13.7. The first kappa shape index (κ1) is 17.6. The maximum absolute atomic E-state index is 12.3. The van der Waals surface area contributed by atoms with E-state index in [2.05, 4.69) is 25.2 Å². The van der Waals surface area contributed by atoms with Crippen LogP contribution in [-0.4, -0.2) is 23.4 Å². The standard InChI is InChI=1S/C16H16N6O3S/c1-11-4-6-13(7-5-11)26(23,24)22-21-15-14(17)16(20-10-19-15)25-12-3-2-8-18-9-12/h2-10,22H,17H2,1H3,(H,19,20,21). The second-order valence-electron chi connectivity index (χ2n) is 5.28. The molecule has 0 radical (unpaired) electrons. The van der Waals surface area contributed by atoms with E-state index in [4.69, 9.17) is 10.5 Å². The van der Waals surface area contributed by atoms with Gasteiger partial charge < -0.3 is 10.5 Å². The number of sulfonamides is 1. The fraction of sp³-hybridized carbons (Fsp3) is 0.0625. The van der Waals surface area contributed by atoms with Crippen LogP contribution in [0.1, 0.15) is 5.56 Å². The highest BCUT2D eigenvalue weighted by atomic mass is 32.2. The van der Waals surface area contributed by atoms with Crippen molar-refractivity contribution in [3.05, 3.63) is 60.7 Å². The topological polar surface area (TPSA) is 132 Å². The third-order valence-electron chi connectivity index (χ3n) is 3.33. The summed E-state index contributed by atoms with van der Waals surface area (Å²) in [5.41, 5.74) is 9.43. The number of ether oxygens (including phenoxy) is 1. The molecule has 0 aliphatic rings. The van der Waals surface area contributed by atoms with Crippen molar-refractivity contribution in [2.45, 2.75) is 11.8 Å². The quantitative estimate of drug-likeness (QED) is 0.559. The summed E-state index contributed by atoms with van der Waals surface area (Å²) >= 11 is 0. The number of hydrazine groups is 1. The van der Waals surface area contributed by atoms with Crippen molar-refractivity contribution >= 4 is 21.5 Å². The van der Waals surface area contributed by atoms with Gasteiger partial charge in [0.1, 0.15) is 17.8 Å². The maximum atomic E-state index is 12.3. The lowest BCUT2D eigenvalue weighted by Gasteiger charge is -2.12. The Labute approximate surface area is 150 Å². The minimum Gasteiger partial charge on any atom is -0.435 e. The van der Waals surface area contributed by atoms with E-state index in [1.165, 1.54) is 24.7 Å². The van der Waals surface area contributed by atoms with Gasteiger partial charge in [-0.05, 0) is 31.2 Å². The number of aromatic nitrogens is 3. The minimum absolute atomic E-state index is 0.0444. The zero-order chi connectivity index (χ0) is 18.6. The van der Waals surface area contributed by atoms with E-state index >= 15 is 0 Å². The molecule has 0 spiro atoms. The van der Waals surface area contributed by atoms with Gasteiger partial charge in [-0.25, -0.2) is 13.4 Å². The van der Waals surface area contributed by atoms with Crippen LogP contribution < -0.4 is 20.7 Å². The minimum atomic E-state index is -3.79. The van der Waals surface area contributed by atoms with Crippen molar-refractivity contribution < 1.29 is 13.2 Å². The van der Waals surface area contributed by atoms with E-state index in [9.17, 15) is 8.42 Å². The molecule has 4 N–H and O–H groups in total. The van der Waals surface area contributed by atoms with Crippen molar-refractivity contribution in [2.24, 2.45) is 0 Å². The molecule has 9 nitrogen and oxygen atoms in total. The van der Waals surface area contributed by atoms with Gasteiger partial charge >= 0.3 is 0 Å². The van der Waals surface area contributed by atoms with Gasteiger partial charge in [0, 0.05) is 6.20 Å². The fourth-order valence-corrected chi connectivity index (χ4v) is 2.81. The van der Waals surface area contributed by atoms with Crippen molar-refractivity contribution in [2.75, 3.05) is 11.2 Å². The van der Waals surface area contributed by atoms with Gasteiger partial charge in [0.05, 0.1) is 11.1 Å². The van der Waals surface area contributed by atoms with Crippen LogP contribution in [0.25, 0.3) is 0 Å².